The van der Waals surface area contributed by atoms with E-state index in [0.717, 1.165) is 5.56 Å². The van der Waals surface area contributed by atoms with E-state index < -0.39 is 0 Å². The van der Waals surface area contributed by atoms with Crippen LogP contribution in [0.15, 0.2) is 12.3 Å². The Bertz CT molecular complexity index is 329. The average Bonchev–Trinajstić information content (AvgIpc) is 2.09. The van der Waals surface area contributed by atoms with Crippen molar-refractivity contribution in [2.24, 2.45) is 5.90 Å². The molecule has 0 saturated carbocycles. The van der Waals surface area contributed by atoms with Crippen molar-refractivity contribution in [1.29, 1.82) is 0 Å². The van der Waals surface area contributed by atoms with E-state index in [4.69, 9.17) is 29.1 Å². The Balaban J connectivity index is 3.01. The van der Waals surface area contributed by atoms with Gasteiger partial charge in [0.15, 0.2) is 0 Å². The first-order valence-electron chi connectivity index (χ1n) is 4.10. The largest absolute Gasteiger partial charge is 0.304 e. The van der Waals surface area contributed by atoms with Crippen LogP contribution >= 0.6 is 23.2 Å². The first kappa shape index (κ1) is 11.7. The summed E-state index contributed by atoms with van der Waals surface area (Å²) in [6, 6.07) is 1.77. The monoisotopic (exact) mass is 234 g/mol. The molecule has 2 N–H and O–H groups in total. The van der Waals surface area contributed by atoms with Gasteiger partial charge in [0.05, 0.1) is 11.6 Å². The molecule has 5 heteroatoms. The highest BCUT2D eigenvalue weighted by Gasteiger charge is 2.22. The van der Waals surface area contributed by atoms with Gasteiger partial charge < -0.3 is 4.84 Å². The summed E-state index contributed by atoms with van der Waals surface area (Å²) >= 11 is 11.6. The van der Waals surface area contributed by atoms with E-state index in [9.17, 15) is 0 Å². The summed E-state index contributed by atoms with van der Waals surface area (Å²) in [5.41, 5.74) is 0.716. The topological polar surface area (TPSA) is 48.1 Å². The molecule has 0 aliphatic heterocycles. The van der Waals surface area contributed by atoms with Crippen molar-refractivity contribution in [2.45, 2.75) is 19.3 Å². The maximum absolute atomic E-state index is 5.85. The molecule has 0 aliphatic rings. The number of halogens is 2. The Labute approximate surface area is 93.1 Å². The highest BCUT2D eigenvalue weighted by atomic mass is 35.5. The lowest BCUT2D eigenvalue weighted by Gasteiger charge is -2.23. The molecule has 0 atom stereocenters. The fourth-order valence-electron chi connectivity index (χ4n) is 1.08. The highest BCUT2D eigenvalue weighted by molar-refractivity contribution is 6.41. The zero-order valence-corrected chi connectivity index (χ0v) is 9.56. The molecule has 0 unspecified atom stereocenters. The van der Waals surface area contributed by atoms with Crippen molar-refractivity contribution in [2.75, 3.05) is 6.61 Å². The molecular formula is C9H12Cl2N2O. The second-order valence-electron chi connectivity index (χ2n) is 3.69. The zero-order valence-electron chi connectivity index (χ0n) is 8.05. The molecule has 14 heavy (non-hydrogen) atoms. The van der Waals surface area contributed by atoms with Crippen molar-refractivity contribution in [3.05, 3.63) is 28.0 Å². The van der Waals surface area contributed by atoms with E-state index in [0.29, 0.717) is 16.8 Å². The van der Waals surface area contributed by atoms with E-state index in [1.807, 2.05) is 13.8 Å². The molecule has 1 heterocycles. The average molecular weight is 235 g/mol. The molecular weight excluding hydrogens is 223 g/mol. The van der Waals surface area contributed by atoms with Crippen LogP contribution in [0.25, 0.3) is 0 Å². The van der Waals surface area contributed by atoms with Gasteiger partial charge in [-0.1, -0.05) is 37.0 Å². The van der Waals surface area contributed by atoms with Gasteiger partial charge in [-0.15, -0.1) is 0 Å². The lowest BCUT2D eigenvalue weighted by atomic mass is 9.87. The van der Waals surface area contributed by atoms with Gasteiger partial charge in [0.1, 0.15) is 5.15 Å². The van der Waals surface area contributed by atoms with Crippen LogP contribution in [-0.4, -0.2) is 11.6 Å². The molecule has 1 aromatic rings. The van der Waals surface area contributed by atoms with Gasteiger partial charge in [0.25, 0.3) is 0 Å². The molecule has 0 aliphatic carbocycles. The number of nitrogens with zero attached hydrogens (tertiary/aromatic N) is 1. The minimum absolute atomic E-state index is 0.226. The molecule has 0 aromatic carbocycles. The lowest BCUT2D eigenvalue weighted by Crippen LogP contribution is -2.26. The molecule has 0 fully saturated rings. The third-order valence-electron chi connectivity index (χ3n) is 2.02. The van der Waals surface area contributed by atoms with Crippen LogP contribution in [0.5, 0.6) is 0 Å². The second-order valence-corrected chi connectivity index (χ2v) is 4.46. The quantitative estimate of drug-likeness (QED) is 0.646. The smallest absolute Gasteiger partial charge is 0.147 e. The van der Waals surface area contributed by atoms with Gasteiger partial charge in [0.2, 0.25) is 0 Å². The summed E-state index contributed by atoms with van der Waals surface area (Å²) < 4.78 is 0. The van der Waals surface area contributed by atoms with E-state index >= 15 is 0 Å². The maximum atomic E-state index is 5.85. The van der Waals surface area contributed by atoms with Crippen molar-refractivity contribution < 1.29 is 4.84 Å². The Hall–Kier alpha value is -0.350. The molecule has 1 aromatic heterocycles. The third kappa shape index (κ3) is 2.58. The molecule has 0 amide bonds. The van der Waals surface area contributed by atoms with Crippen LogP contribution in [0.2, 0.25) is 10.2 Å². The number of hydrogen-bond acceptors (Lipinski definition) is 3. The van der Waals surface area contributed by atoms with Crippen LogP contribution in [0.4, 0.5) is 0 Å². The summed E-state index contributed by atoms with van der Waals surface area (Å²) in [5.74, 6) is 5.04. The predicted octanol–water partition coefficient (Wildman–Crippen LogP) is 2.56. The van der Waals surface area contributed by atoms with Gasteiger partial charge in [-0.25, -0.2) is 10.9 Å². The highest BCUT2D eigenvalue weighted by Crippen LogP contribution is 2.27. The minimum atomic E-state index is -0.226. The fraction of sp³-hybridized carbons (Fsp3) is 0.444. The van der Waals surface area contributed by atoms with E-state index in [2.05, 4.69) is 9.82 Å². The zero-order chi connectivity index (χ0) is 10.8. The van der Waals surface area contributed by atoms with Gasteiger partial charge >= 0.3 is 0 Å². The van der Waals surface area contributed by atoms with Crippen molar-refractivity contribution in [1.82, 2.24) is 4.98 Å². The van der Waals surface area contributed by atoms with E-state index in [1.54, 1.807) is 12.3 Å². The standard InChI is InChI=1S/C9H12Cl2N2O/c1-9(2,5-14-12)6-3-7(10)8(11)13-4-6/h3-4H,5,12H2,1-2H3. The summed E-state index contributed by atoms with van der Waals surface area (Å²) in [6.07, 6.45) is 1.67. The first-order chi connectivity index (χ1) is 6.47. The number of aromatic nitrogens is 1. The van der Waals surface area contributed by atoms with Crippen LogP contribution in [-0.2, 0) is 10.3 Å². The van der Waals surface area contributed by atoms with Gasteiger partial charge in [0, 0.05) is 11.6 Å². The summed E-state index contributed by atoms with van der Waals surface area (Å²) in [6.45, 7) is 4.37. The predicted molar refractivity (Wildman–Crippen MR) is 57.4 cm³/mol. The summed E-state index contributed by atoms with van der Waals surface area (Å²) in [5, 5.41) is 0.745. The van der Waals surface area contributed by atoms with Gasteiger partial charge in [-0.3, -0.25) is 0 Å². The molecule has 0 saturated heterocycles. The summed E-state index contributed by atoms with van der Waals surface area (Å²) in [7, 11) is 0. The fourth-order valence-corrected chi connectivity index (χ4v) is 1.35. The third-order valence-corrected chi connectivity index (χ3v) is 2.71. The number of nitrogens with two attached hydrogens (primary N) is 1. The first-order valence-corrected chi connectivity index (χ1v) is 4.86. The van der Waals surface area contributed by atoms with Crippen LogP contribution in [0.1, 0.15) is 19.4 Å². The normalized spacial score (nSPS) is 11.8. The number of rotatable bonds is 3. The number of hydrogen-bond donors (Lipinski definition) is 1. The van der Waals surface area contributed by atoms with Crippen LogP contribution in [0.3, 0.4) is 0 Å². The molecule has 1 rings (SSSR count). The molecule has 0 spiro atoms. The molecule has 0 bridgehead atoms. The van der Waals surface area contributed by atoms with Crippen LogP contribution in [0, 0.1) is 0 Å². The van der Waals surface area contributed by atoms with Gasteiger partial charge in [-0.05, 0) is 11.6 Å². The number of pyridine rings is 1. The molecule has 0 radical (unpaired) electrons. The minimum Gasteiger partial charge on any atom is -0.304 e. The SMILES string of the molecule is CC(C)(CON)c1cnc(Cl)c(Cl)c1. The van der Waals surface area contributed by atoms with Crippen LogP contribution < -0.4 is 5.90 Å². The maximum Gasteiger partial charge on any atom is 0.147 e. The Morgan fingerprint density at radius 2 is 2.14 bits per heavy atom. The Morgan fingerprint density at radius 1 is 1.50 bits per heavy atom. The lowest BCUT2D eigenvalue weighted by molar-refractivity contribution is 0.0963. The van der Waals surface area contributed by atoms with Crippen molar-refractivity contribution in [3.63, 3.8) is 0 Å². The van der Waals surface area contributed by atoms with Gasteiger partial charge in [-0.2, -0.15) is 0 Å². The van der Waals surface area contributed by atoms with E-state index in [1.165, 1.54) is 0 Å². The Kier molecular flexibility index (Phi) is 3.72. The van der Waals surface area contributed by atoms with E-state index in [-0.39, 0.29) is 5.41 Å². The van der Waals surface area contributed by atoms with Crippen molar-refractivity contribution >= 4 is 23.2 Å². The van der Waals surface area contributed by atoms with Crippen molar-refractivity contribution in [3.8, 4) is 0 Å². The summed E-state index contributed by atoms with van der Waals surface area (Å²) in [4.78, 5) is 8.59. The second kappa shape index (κ2) is 4.45. The molecule has 78 valence electrons. The Morgan fingerprint density at radius 3 is 2.64 bits per heavy atom. The molecule has 3 nitrogen and oxygen atoms in total.